The van der Waals surface area contributed by atoms with Crippen molar-refractivity contribution in [3.63, 3.8) is 0 Å². The molecule has 23 heteroatoms. The van der Waals surface area contributed by atoms with Crippen molar-refractivity contribution >= 4 is 29.8 Å². The van der Waals surface area contributed by atoms with Gasteiger partial charge in [0.2, 0.25) is 17.7 Å². The Bertz CT molecular complexity index is 1060. The second-order valence-electron chi connectivity index (χ2n) is 13.6. The summed E-state index contributed by atoms with van der Waals surface area (Å²) < 4.78 is 74.0. The van der Waals surface area contributed by atoms with Crippen LogP contribution in [-0.2, 0) is 85.5 Å². The highest BCUT2D eigenvalue weighted by atomic mass is 16.7. The van der Waals surface area contributed by atoms with Crippen molar-refractivity contribution < 1.29 is 90.3 Å². The van der Waals surface area contributed by atoms with Crippen molar-refractivity contribution in [3.8, 4) is 0 Å². The molecule has 0 aromatic heterocycles. The van der Waals surface area contributed by atoms with Gasteiger partial charge >= 0.3 is 12.1 Å². The summed E-state index contributed by atoms with van der Waals surface area (Å²) in [7, 11) is 6.28. The molecule has 0 spiro atoms. The average molecular weight is 931 g/mol. The molecule has 0 saturated carbocycles. The topological polar surface area (TPSA) is 250 Å². The van der Waals surface area contributed by atoms with E-state index in [9.17, 15) is 24.0 Å². The van der Waals surface area contributed by atoms with Gasteiger partial charge in [0.1, 0.15) is 19.1 Å². The molecule has 0 radical (unpaired) electrons. The standard InChI is InChI=1S/C41H78N4O19/c1-6-7-12-63-41(50)64-40(49)36(42)33-37(46)45(34-38(47)43(8-13-55-25-29-59-21-17-51-2)9-14-56-26-30-60-22-18-52-3)35-39(48)44(10-15-57-27-31-61-23-19-53-4)11-16-58-28-32-62-24-20-54-5/h36H,6-35,42H2,1-5H3/t36-/m0/s1. The minimum Gasteiger partial charge on any atom is -0.434 e. The van der Waals surface area contributed by atoms with Crippen molar-refractivity contribution in [2.75, 3.05) is 206 Å². The van der Waals surface area contributed by atoms with Crippen molar-refractivity contribution in [1.29, 1.82) is 0 Å². The van der Waals surface area contributed by atoms with E-state index < -0.39 is 55.4 Å². The highest BCUT2D eigenvalue weighted by molar-refractivity contribution is 5.93. The number of rotatable bonds is 46. The molecule has 0 rings (SSSR count). The highest BCUT2D eigenvalue weighted by Crippen LogP contribution is 2.06. The molecule has 64 heavy (non-hydrogen) atoms. The number of amides is 3. The normalized spacial score (nSPS) is 11.7. The number of nitrogens with two attached hydrogens (primary N) is 1. The fourth-order valence-electron chi connectivity index (χ4n) is 4.92. The fourth-order valence-corrected chi connectivity index (χ4v) is 4.92. The molecule has 0 aliphatic rings. The zero-order valence-corrected chi connectivity index (χ0v) is 39.0. The lowest BCUT2D eigenvalue weighted by molar-refractivity contribution is -0.148. The monoisotopic (exact) mass is 931 g/mol. The molecule has 3 amide bonds. The summed E-state index contributed by atoms with van der Waals surface area (Å²) in [5.74, 6) is -3.13. The third kappa shape index (κ3) is 36.1. The van der Waals surface area contributed by atoms with Crippen molar-refractivity contribution in [2.45, 2.75) is 32.2 Å². The molecule has 0 heterocycles. The Morgan fingerprint density at radius 3 is 1.05 bits per heavy atom. The van der Waals surface area contributed by atoms with Crippen molar-refractivity contribution in [3.05, 3.63) is 0 Å². The second kappa shape index (κ2) is 45.0. The van der Waals surface area contributed by atoms with Gasteiger partial charge in [0.25, 0.3) is 0 Å². The number of ether oxygens (including phenoxy) is 14. The van der Waals surface area contributed by atoms with Crippen LogP contribution in [-0.4, -0.2) is 257 Å². The number of esters is 1. The third-order valence-corrected chi connectivity index (χ3v) is 8.55. The van der Waals surface area contributed by atoms with Gasteiger partial charge in [-0.05, 0) is 6.42 Å². The Kier molecular flexibility index (Phi) is 42.8. The summed E-state index contributed by atoms with van der Waals surface area (Å²) in [5.41, 5.74) is 6.01. The van der Waals surface area contributed by atoms with Gasteiger partial charge in [-0.3, -0.25) is 14.4 Å². The largest absolute Gasteiger partial charge is 0.516 e. The molecule has 376 valence electrons. The van der Waals surface area contributed by atoms with Crippen LogP contribution in [0.4, 0.5) is 4.79 Å². The van der Waals surface area contributed by atoms with E-state index in [1.165, 1.54) is 9.80 Å². The first kappa shape index (κ1) is 60.8. The lowest BCUT2D eigenvalue weighted by atomic mass is 10.2. The quantitative estimate of drug-likeness (QED) is 0.0454. The van der Waals surface area contributed by atoms with Gasteiger partial charge in [-0.15, -0.1) is 0 Å². The van der Waals surface area contributed by atoms with E-state index in [4.69, 9.17) is 67.3 Å². The first-order chi connectivity index (χ1) is 31.1. The summed E-state index contributed by atoms with van der Waals surface area (Å²) >= 11 is 0. The molecule has 0 bridgehead atoms. The van der Waals surface area contributed by atoms with Gasteiger partial charge in [0.05, 0.1) is 145 Å². The summed E-state index contributed by atoms with van der Waals surface area (Å²) in [5, 5.41) is 0. The zero-order valence-electron chi connectivity index (χ0n) is 39.0. The SMILES string of the molecule is CCCCOC(=O)OC(=O)[C@@H](N)CC(=O)N(CC(=O)N(CCOCCOCCOC)CCOCCOCCOC)CC(=O)N(CCOCCOCCOC)CCOCCOCCOC. The maximum Gasteiger partial charge on any atom is 0.516 e. The highest BCUT2D eigenvalue weighted by Gasteiger charge is 2.30. The molecular weight excluding hydrogens is 852 g/mol. The van der Waals surface area contributed by atoms with Crippen LogP contribution in [0.15, 0.2) is 0 Å². The number of unbranched alkanes of at least 4 members (excludes halogenated alkanes) is 1. The molecule has 0 aliphatic heterocycles. The van der Waals surface area contributed by atoms with Gasteiger partial charge in [-0.2, -0.15) is 0 Å². The van der Waals surface area contributed by atoms with Crippen LogP contribution in [0.2, 0.25) is 0 Å². The van der Waals surface area contributed by atoms with E-state index in [0.29, 0.717) is 85.7 Å². The molecule has 0 aromatic rings. The van der Waals surface area contributed by atoms with Crippen LogP contribution in [0.25, 0.3) is 0 Å². The predicted molar refractivity (Wildman–Crippen MR) is 229 cm³/mol. The lowest BCUT2D eigenvalue weighted by Gasteiger charge is -2.30. The van der Waals surface area contributed by atoms with E-state index in [1.807, 2.05) is 6.92 Å². The molecular formula is C41H78N4O19. The number of carbonyl (C=O) groups excluding carboxylic acids is 5. The first-order valence-electron chi connectivity index (χ1n) is 21.7. The number of nitrogens with zero attached hydrogens (tertiary/aromatic N) is 3. The van der Waals surface area contributed by atoms with E-state index in [-0.39, 0.29) is 85.6 Å². The molecule has 0 unspecified atom stereocenters. The van der Waals surface area contributed by atoms with Crippen molar-refractivity contribution in [2.24, 2.45) is 5.73 Å². The average Bonchev–Trinajstić information content (AvgIpc) is 3.28. The Morgan fingerprint density at radius 2 is 0.734 bits per heavy atom. The summed E-state index contributed by atoms with van der Waals surface area (Å²) in [6, 6.07) is -1.62. The predicted octanol–water partition coefficient (Wildman–Crippen LogP) is -0.612. The van der Waals surface area contributed by atoms with Gasteiger partial charge < -0.3 is 86.7 Å². The minimum atomic E-state index is -1.62. The van der Waals surface area contributed by atoms with Gasteiger partial charge in [-0.1, -0.05) is 13.3 Å². The summed E-state index contributed by atoms with van der Waals surface area (Å²) in [6.45, 7) is 7.29. The van der Waals surface area contributed by atoms with E-state index in [0.717, 1.165) is 11.3 Å². The molecule has 23 nitrogen and oxygen atoms in total. The van der Waals surface area contributed by atoms with Gasteiger partial charge in [-0.25, -0.2) is 9.59 Å². The van der Waals surface area contributed by atoms with Crippen molar-refractivity contribution in [1.82, 2.24) is 14.7 Å². The molecule has 2 N–H and O–H groups in total. The minimum absolute atomic E-state index is 0.0304. The van der Waals surface area contributed by atoms with Gasteiger partial charge in [0.15, 0.2) is 0 Å². The Morgan fingerprint density at radius 1 is 0.422 bits per heavy atom. The van der Waals surface area contributed by atoms with Crippen LogP contribution in [0.5, 0.6) is 0 Å². The maximum absolute atomic E-state index is 14.0. The molecule has 0 saturated heterocycles. The van der Waals surface area contributed by atoms with Crippen LogP contribution >= 0.6 is 0 Å². The number of methoxy groups -OCH3 is 4. The van der Waals surface area contributed by atoms with Gasteiger partial charge in [0, 0.05) is 54.6 Å². The van der Waals surface area contributed by atoms with Crippen LogP contribution < -0.4 is 5.73 Å². The smallest absolute Gasteiger partial charge is 0.434 e. The van der Waals surface area contributed by atoms with Crippen LogP contribution in [0.3, 0.4) is 0 Å². The Labute approximate surface area is 378 Å². The molecule has 0 aliphatic carbocycles. The fraction of sp³-hybridized carbons (Fsp3) is 0.878. The van der Waals surface area contributed by atoms with Crippen LogP contribution in [0, 0.1) is 0 Å². The lowest BCUT2D eigenvalue weighted by Crippen LogP contribution is -2.51. The molecule has 0 fully saturated rings. The zero-order chi connectivity index (χ0) is 47.3. The molecule has 0 aromatic carbocycles. The van der Waals surface area contributed by atoms with E-state index >= 15 is 0 Å². The van der Waals surface area contributed by atoms with E-state index in [1.54, 1.807) is 28.4 Å². The number of hydrogen-bond donors (Lipinski definition) is 1. The summed E-state index contributed by atoms with van der Waals surface area (Å²) in [6.07, 6.45) is -0.664. The summed E-state index contributed by atoms with van der Waals surface area (Å²) in [4.78, 5) is 70.5. The number of carbonyl (C=O) groups is 5. The maximum atomic E-state index is 14.0. The molecule has 1 atom stereocenters. The van der Waals surface area contributed by atoms with E-state index in [2.05, 4.69) is 4.74 Å². The van der Waals surface area contributed by atoms with Crippen LogP contribution in [0.1, 0.15) is 26.2 Å². The second-order valence-corrected chi connectivity index (χ2v) is 13.6. The Balaban J connectivity index is 6.11. The number of hydrogen-bond acceptors (Lipinski definition) is 20. The third-order valence-electron chi connectivity index (χ3n) is 8.55. The Hall–Kier alpha value is -3.17. The first-order valence-corrected chi connectivity index (χ1v) is 21.7.